The first kappa shape index (κ1) is 16.6. The average Bonchev–Trinajstić information content (AvgIpc) is 3.21. The molecule has 0 radical (unpaired) electrons. The Morgan fingerprint density at radius 3 is 1.80 bits per heavy atom. The monoisotopic (exact) mass is 572 g/mol. The van der Waals surface area contributed by atoms with Gasteiger partial charge in [-0.1, -0.05) is 151 Å². The highest BCUT2D eigenvalue weighted by Crippen LogP contribution is 2.32. The summed E-state index contributed by atoms with van der Waals surface area (Å²) in [5, 5.41) is 1.41. The fraction of sp³-hybridized carbons (Fsp3) is 0. The molecule has 0 bridgehead atoms. The van der Waals surface area contributed by atoms with E-state index in [0.29, 0.717) is 28.6 Å². The Balaban J connectivity index is 1.32. The first-order valence-corrected chi connectivity index (χ1v) is 13.9. The predicted octanol–water partition coefficient (Wildman–Crippen LogP) is 10.5. The number of rotatable bonds is 5. The number of hydrogen-bond donors (Lipinski definition) is 0. The van der Waals surface area contributed by atoms with Gasteiger partial charge in [-0.3, -0.25) is 0 Å². The quantitative estimate of drug-likeness (QED) is 0.206. The van der Waals surface area contributed by atoms with Crippen LogP contribution in [0.2, 0.25) is 0 Å². The molecule has 0 unspecified atom stereocenters. The molecule has 0 atom stereocenters. The Morgan fingerprint density at radius 1 is 0.364 bits per heavy atom. The smallest absolute Gasteiger partial charge is 0.164 e. The normalized spacial score (nSPS) is 14.7. The van der Waals surface area contributed by atoms with Crippen LogP contribution >= 0.6 is 0 Å². The van der Waals surface area contributed by atoms with Crippen molar-refractivity contribution in [3.63, 3.8) is 0 Å². The zero-order valence-electron chi connectivity index (χ0n) is 34.1. The van der Waals surface area contributed by atoms with Gasteiger partial charge in [0, 0.05) is 16.7 Å². The van der Waals surface area contributed by atoms with Gasteiger partial charge in [-0.15, -0.1) is 0 Å². The lowest BCUT2D eigenvalue weighted by molar-refractivity contribution is 1.07. The van der Waals surface area contributed by atoms with Gasteiger partial charge in [0.05, 0.1) is 15.1 Å². The Morgan fingerprint density at radius 2 is 0.977 bits per heavy atom. The van der Waals surface area contributed by atoms with E-state index in [-0.39, 0.29) is 21.9 Å². The van der Waals surface area contributed by atoms with E-state index in [1.54, 1.807) is 24.3 Å². The van der Waals surface area contributed by atoms with E-state index in [1.807, 2.05) is 72.8 Å². The van der Waals surface area contributed by atoms with Crippen molar-refractivity contribution in [1.82, 2.24) is 15.0 Å². The molecule has 7 aromatic carbocycles. The van der Waals surface area contributed by atoms with Crippen LogP contribution in [-0.4, -0.2) is 15.0 Å². The minimum absolute atomic E-state index is 0.0614. The summed E-state index contributed by atoms with van der Waals surface area (Å²) < 4.78 is 95.5. The second-order valence-electron chi connectivity index (χ2n) is 10.1. The highest BCUT2D eigenvalue weighted by atomic mass is 15.0. The van der Waals surface area contributed by atoms with E-state index in [0.717, 1.165) is 21.9 Å². The molecule has 206 valence electrons. The van der Waals surface area contributed by atoms with Crippen molar-refractivity contribution in [2.45, 2.75) is 0 Å². The molecule has 0 amide bonds. The van der Waals surface area contributed by atoms with Crippen LogP contribution < -0.4 is 0 Å². The topological polar surface area (TPSA) is 38.7 Å². The summed E-state index contributed by atoms with van der Waals surface area (Å²) in [6.45, 7) is 0. The van der Waals surface area contributed by atoms with Crippen LogP contribution in [0, 0.1) is 0 Å². The van der Waals surface area contributed by atoms with Gasteiger partial charge in [-0.25, -0.2) is 15.0 Å². The van der Waals surface area contributed by atoms with Crippen LogP contribution in [0.4, 0.5) is 0 Å². The van der Waals surface area contributed by atoms with E-state index < -0.39 is 72.0 Å². The minimum atomic E-state index is -0.670. The Kier molecular flexibility index (Phi) is 4.18. The summed E-state index contributed by atoms with van der Waals surface area (Å²) in [6.07, 6.45) is 0. The molecule has 0 aliphatic carbocycles. The molecule has 44 heavy (non-hydrogen) atoms. The third kappa shape index (κ3) is 4.91. The molecular weight excluding hydrogens is 534 g/mol. The lowest BCUT2D eigenvalue weighted by Gasteiger charge is -2.11. The number of aromatic nitrogens is 3. The van der Waals surface area contributed by atoms with Crippen molar-refractivity contribution in [2.75, 3.05) is 0 Å². The molecule has 0 saturated heterocycles. The maximum Gasteiger partial charge on any atom is 0.164 e. The minimum Gasteiger partial charge on any atom is -0.208 e. The molecule has 0 saturated carbocycles. The number of fused-ring (bicyclic) bond motifs is 2. The van der Waals surface area contributed by atoms with Crippen molar-refractivity contribution in [1.29, 1.82) is 0 Å². The molecule has 8 aromatic rings. The molecule has 0 aliphatic rings. The van der Waals surface area contributed by atoms with Crippen LogP contribution in [0.15, 0.2) is 164 Å². The van der Waals surface area contributed by atoms with E-state index in [4.69, 9.17) is 30.0 Å². The maximum absolute atomic E-state index is 9.11. The zero-order valence-corrected chi connectivity index (χ0v) is 23.1. The summed E-state index contributed by atoms with van der Waals surface area (Å²) in [5.74, 6) is 1.16. The van der Waals surface area contributed by atoms with Crippen molar-refractivity contribution in [2.24, 2.45) is 0 Å². The van der Waals surface area contributed by atoms with Gasteiger partial charge >= 0.3 is 0 Å². The van der Waals surface area contributed by atoms with E-state index >= 15 is 0 Å². The first-order valence-electron chi connectivity index (χ1n) is 19.4. The predicted molar refractivity (Wildman–Crippen MR) is 182 cm³/mol. The molecule has 8 rings (SSSR count). The van der Waals surface area contributed by atoms with Crippen molar-refractivity contribution in [3.05, 3.63) is 164 Å². The summed E-state index contributed by atoms with van der Waals surface area (Å²) in [7, 11) is 0. The highest BCUT2D eigenvalue weighted by molar-refractivity contribution is 5.97. The molecule has 0 fully saturated rings. The van der Waals surface area contributed by atoms with Crippen molar-refractivity contribution >= 4 is 21.5 Å². The average molecular weight is 573 g/mol. The van der Waals surface area contributed by atoms with Crippen LogP contribution in [0.3, 0.4) is 0 Å². The van der Waals surface area contributed by atoms with Crippen LogP contribution in [0.5, 0.6) is 0 Å². The van der Waals surface area contributed by atoms with E-state index in [1.165, 1.54) is 0 Å². The van der Waals surface area contributed by atoms with Gasteiger partial charge in [-0.2, -0.15) is 0 Å². The lowest BCUT2D eigenvalue weighted by Crippen LogP contribution is -2.00. The molecule has 0 N–H and O–H groups in total. The summed E-state index contributed by atoms with van der Waals surface area (Å²) in [5.41, 5.74) is 1.52. The maximum atomic E-state index is 9.11. The molecule has 3 heteroatoms. The van der Waals surface area contributed by atoms with Crippen LogP contribution in [0.1, 0.15) is 15.1 Å². The van der Waals surface area contributed by atoms with Crippen molar-refractivity contribution < 1.29 is 15.1 Å². The van der Waals surface area contributed by atoms with Crippen LogP contribution in [-0.2, 0) is 0 Å². The fourth-order valence-corrected chi connectivity index (χ4v) is 5.07. The Labute approximate surface area is 271 Å². The van der Waals surface area contributed by atoms with Gasteiger partial charge in [-0.05, 0) is 55.9 Å². The van der Waals surface area contributed by atoms with E-state index in [9.17, 15) is 0 Å². The third-order valence-electron chi connectivity index (χ3n) is 7.27. The zero-order chi connectivity index (χ0) is 38.9. The first-order chi connectivity index (χ1) is 26.4. The van der Waals surface area contributed by atoms with Crippen molar-refractivity contribution in [3.8, 4) is 56.4 Å². The van der Waals surface area contributed by atoms with E-state index in [2.05, 4.69) is 0 Å². The molecule has 0 aliphatic heterocycles. The molecular formula is C41H27N3. The number of benzene rings is 7. The summed E-state index contributed by atoms with van der Waals surface area (Å²) in [4.78, 5) is 14.5. The second-order valence-corrected chi connectivity index (χ2v) is 10.1. The summed E-state index contributed by atoms with van der Waals surface area (Å²) >= 11 is 0. The number of hydrogen-bond acceptors (Lipinski definition) is 3. The second kappa shape index (κ2) is 11.0. The molecule has 1 heterocycles. The van der Waals surface area contributed by atoms with Gasteiger partial charge in [0.2, 0.25) is 0 Å². The number of nitrogens with zero attached hydrogens (tertiary/aromatic N) is 3. The fourth-order valence-electron chi connectivity index (χ4n) is 5.07. The SMILES string of the molecule is [2H]c1c([2H])c(-c2c([2H])c([2H])c([2H])c3c([2H])c([2H])c([2H])c([2H])c23)c([2H])c([2H])c1-c1cccc(-c2nc(-c3ccccc3)nc(-c3ccc4ccccc4c3)n2)c1. The highest BCUT2D eigenvalue weighted by Gasteiger charge is 2.14. The largest absolute Gasteiger partial charge is 0.208 e. The molecule has 0 spiro atoms. The van der Waals surface area contributed by atoms with Gasteiger partial charge in [0.15, 0.2) is 17.5 Å². The molecule has 1 aromatic heterocycles. The Bertz CT molecular complexity index is 2860. The van der Waals surface area contributed by atoms with Gasteiger partial charge in [0.1, 0.15) is 0 Å². The van der Waals surface area contributed by atoms with Crippen LogP contribution in [0.25, 0.3) is 78.0 Å². The standard InChI is InChI=1S/C41H27N3/c1-2-12-32(13-3-1)39-42-40(44-41(43-39)36-25-22-28-10-4-5-14-33(28)27-36)35-17-8-16-34(26-35)29-20-23-31(24-21-29)38-19-9-15-30-11-6-7-18-37(30)38/h1-27H/i6D,7D,9D,11D,15D,18D,19D,20D,21D,23D,24D. The van der Waals surface area contributed by atoms with Gasteiger partial charge < -0.3 is 0 Å². The lowest BCUT2D eigenvalue weighted by atomic mass is 9.96. The Hall–Kier alpha value is -5.93. The third-order valence-corrected chi connectivity index (χ3v) is 7.27. The summed E-state index contributed by atoms with van der Waals surface area (Å²) in [6, 6.07) is 23.6. The van der Waals surface area contributed by atoms with Gasteiger partial charge in [0.25, 0.3) is 0 Å². The molecule has 3 nitrogen and oxygen atoms in total.